The fourth-order valence-electron chi connectivity index (χ4n) is 4.91. The van der Waals surface area contributed by atoms with Crippen LogP contribution < -0.4 is 20.9 Å². The van der Waals surface area contributed by atoms with E-state index in [0.717, 1.165) is 0 Å². The van der Waals surface area contributed by atoms with Crippen LogP contribution in [0.25, 0.3) is 10.9 Å². The number of hydrogen-bond acceptors (Lipinski definition) is 8. The maximum atomic E-state index is 13.2. The molecular weight excluding hydrogens is 583 g/mol. The largest absolute Gasteiger partial charge is 0.457 e. The number of amides is 3. The van der Waals surface area contributed by atoms with Crippen LogP contribution in [0.15, 0.2) is 79.0 Å². The number of carbonyl (C=O) groups is 3. The molecular formula is C33H31FN4O7. The first kappa shape index (κ1) is 30.1. The third-order valence-electron chi connectivity index (χ3n) is 7.53. The lowest BCUT2D eigenvalue weighted by atomic mass is 10.0. The van der Waals surface area contributed by atoms with E-state index in [4.69, 9.17) is 19.0 Å². The van der Waals surface area contributed by atoms with Crippen LogP contribution in [0.4, 0.5) is 15.8 Å². The second-order valence-corrected chi connectivity index (χ2v) is 11.4. The SMILES string of the molecule is CC1(C)OCC(CONC(=O)c2ccc3c(Oc4ccc(NC(=O)C5(C(=O)Nc6ccc(F)cc6)CC5)cc4)ccnc3c2)O1. The smallest absolute Gasteiger partial charge is 0.274 e. The molecule has 0 bridgehead atoms. The summed E-state index contributed by atoms with van der Waals surface area (Å²) in [7, 11) is 0. The molecule has 3 amide bonds. The van der Waals surface area contributed by atoms with Crippen molar-refractivity contribution in [1.82, 2.24) is 10.5 Å². The van der Waals surface area contributed by atoms with Crippen molar-refractivity contribution < 1.29 is 37.8 Å². The predicted molar refractivity (Wildman–Crippen MR) is 162 cm³/mol. The summed E-state index contributed by atoms with van der Waals surface area (Å²) in [5.74, 6) is -1.33. The molecule has 11 nitrogen and oxygen atoms in total. The van der Waals surface area contributed by atoms with Crippen LogP contribution in [0.1, 0.15) is 37.0 Å². The van der Waals surface area contributed by atoms with Crippen LogP contribution >= 0.6 is 0 Å². The van der Waals surface area contributed by atoms with Crippen molar-refractivity contribution in [1.29, 1.82) is 0 Å². The van der Waals surface area contributed by atoms with Gasteiger partial charge in [0.1, 0.15) is 35.4 Å². The van der Waals surface area contributed by atoms with Gasteiger partial charge in [0, 0.05) is 28.5 Å². The van der Waals surface area contributed by atoms with E-state index >= 15 is 0 Å². The van der Waals surface area contributed by atoms with Gasteiger partial charge in [-0.05, 0) is 99.5 Å². The molecule has 1 saturated heterocycles. The Bertz CT molecular complexity index is 1740. The number of pyridine rings is 1. The predicted octanol–water partition coefficient (Wildman–Crippen LogP) is 5.34. The van der Waals surface area contributed by atoms with Gasteiger partial charge in [-0.2, -0.15) is 0 Å². The van der Waals surface area contributed by atoms with Crippen LogP contribution in [0, 0.1) is 11.2 Å². The van der Waals surface area contributed by atoms with E-state index < -0.39 is 34.7 Å². The van der Waals surface area contributed by atoms with Gasteiger partial charge in [0.15, 0.2) is 5.79 Å². The van der Waals surface area contributed by atoms with Crippen LogP contribution in [0.3, 0.4) is 0 Å². The lowest BCUT2D eigenvalue weighted by Crippen LogP contribution is -2.35. The summed E-state index contributed by atoms with van der Waals surface area (Å²) < 4.78 is 30.4. The number of ether oxygens (including phenoxy) is 3. The molecule has 3 aromatic carbocycles. The first-order valence-electron chi connectivity index (χ1n) is 14.4. The maximum Gasteiger partial charge on any atom is 0.274 e. The van der Waals surface area contributed by atoms with Crippen molar-refractivity contribution in [3.63, 3.8) is 0 Å². The van der Waals surface area contributed by atoms with Gasteiger partial charge in [0.25, 0.3) is 5.91 Å². The average molecular weight is 615 g/mol. The Morgan fingerprint density at radius 2 is 1.60 bits per heavy atom. The summed E-state index contributed by atoms with van der Waals surface area (Å²) in [5.41, 5.74) is 3.08. The lowest BCUT2D eigenvalue weighted by molar-refractivity contribution is -0.147. The van der Waals surface area contributed by atoms with E-state index in [1.54, 1.807) is 54.7 Å². The monoisotopic (exact) mass is 614 g/mol. The van der Waals surface area contributed by atoms with Crippen LogP contribution in [-0.4, -0.2) is 47.8 Å². The summed E-state index contributed by atoms with van der Waals surface area (Å²) in [4.78, 5) is 48.2. The molecule has 2 heterocycles. The van der Waals surface area contributed by atoms with E-state index in [9.17, 15) is 18.8 Å². The lowest BCUT2D eigenvalue weighted by Gasteiger charge is -2.17. The van der Waals surface area contributed by atoms with Crippen LogP contribution in [0.2, 0.25) is 0 Å². The summed E-state index contributed by atoms with van der Waals surface area (Å²) in [6, 6.07) is 18.9. The molecule has 0 radical (unpaired) electrons. The minimum atomic E-state index is -1.17. The number of nitrogens with one attached hydrogen (secondary N) is 3. The highest BCUT2D eigenvalue weighted by Crippen LogP contribution is 2.47. The molecule has 1 saturated carbocycles. The molecule has 4 aromatic rings. The van der Waals surface area contributed by atoms with Crippen LogP contribution in [0.5, 0.6) is 11.5 Å². The normalized spacial score (nSPS) is 17.8. The molecule has 6 rings (SSSR count). The number of benzene rings is 3. The summed E-state index contributed by atoms with van der Waals surface area (Å²) >= 11 is 0. The fraction of sp³-hybridized carbons (Fsp3) is 0.273. The molecule has 0 spiro atoms. The zero-order valence-corrected chi connectivity index (χ0v) is 24.6. The third-order valence-corrected chi connectivity index (χ3v) is 7.53. The summed E-state index contributed by atoms with van der Waals surface area (Å²) in [5, 5.41) is 6.19. The molecule has 232 valence electrons. The fourth-order valence-corrected chi connectivity index (χ4v) is 4.91. The zero-order chi connectivity index (χ0) is 31.6. The molecule has 1 atom stereocenters. The third kappa shape index (κ3) is 6.93. The van der Waals surface area contributed by atoms with E-state index in [2.05, 4.69) is 21.1 Å². The molecule has 12 heteroatoms. The first-order valence-corrected chi connectivity index (χ1v) is 14.4. The molecule has 1 unspecified atom stereocenters. The van der Waals surface area contributed by atoms with Gasteiger partial charge in [0.2, 0.25) is 11.8 Å². The number of nitrogens with zero attached hydrogens (tertiary/aromatic N) is 1. The Labute approximate surface area is 258 Å². The number of halogens is 1. The molecule has 1 aromatic heterocycles. The minimum Gasteiger partial charge on any atom is -0.457 e. The van der Waals surface area contributed by atoms with Crippen molar-refractivity contribution in [2.45, 2.75) is 38.6 Å². The topological polar surface area (TPSA) is 137 Å². The van der Waals surface area contributed by atoms with Crippen molar-refractivity contribution in [2.75, 3.05) is 23.8 Å². The number of carbonyl (C=O) groups excluding carboxylic acids is 3. The van der Waals surface area contributed by atoms with E-state index in [1.165, 1.54) is 24.3 Å². The van der Waals surface area contributed by atoms with Gasteiger partial charge >= 0.3 is 0 Å². The van der Waals surface area contributed by atoms with Crippen molar-refractivity contribution in [3.05, 3.63) is 90.4 Å². The highest BCUT2D eigenvalue weighted by Gasteiger charge is 2.56. The van der Waals surface area contributed by atoms with Crippen molar-refractivity contribution >= 4 is 40.0 Å². The number of anilines is 2. The summed E-state index contributed by atoms with van der Waals surface area (Å²) in [6.07, 6.45) is 2.14. The maximum absolute atomic E-state index is 13.2. The quantitative estimate of drug-likeness (QED) is 0.161. The highest BCUT2D eigenvalue weighted by molar-refractivity contribution is 6.16. The van der Waals surface area contributed by atoms with E-state index in [-0.39, 0.29) is 12.7 Å². The Hall–Kier alpha value is -4.91. The van der Waals surface area contributed by atoms with Crippen molar-refractivity contribution in [3.8, 4) is 11.5 Å². The molecule has 2 fully saturated rings. The molecule has 1 aliphatic carbocycles. The second-order valence-electron chi connectivity index (χ2n) is 11.4. The first-order chi connectivity index (χ1) is 21.6. The van der Waals surface area contributed by atoms with Gasteiger partial charge in [0.05, 0.1) is 12.1 Å². The van der Waals surface area contributed by atoms with Gasteiger partial charge < -0.3 is 24.8 Å². The number of aromatic nitrogens is 1. The molecule has 2 aliphatic rings. The van der Waals surface area contributed by atoms with Crippen molar-refractivity contribution in [2.24, 2.45) is 5.41 Å². The van der Waals surface area contributed by atoms with Crippen LogP contribution in [-0.2, 0) is 23.9 Å². The average Bonchev–Trinajstić information content (AvgIpc) is 3.77. The molecule has 45 heavy (non-hydrogen) atoms. The van der Waals surface area contributed by atoms with Gasteiger partial charge in [-0.1, -0.05) is 0 Å². The Kier molecular flexibility index (Phi) is 8.19. The van der Waals surface area contributed by atoms with Gasteiger partial charge in [-0.25, -0.2) is 9.87 Å². The summed E-state index contributed by atoms with van der Waals surface area (Å²) in [6.45, 7) is 4.15. The van der Waals surface area contributed by atoms with Gasteiger partial charge in [-0.3, -0.25) is 24.2 Å². The standard InChI is InChI=1S/C33H31FN4O7/c1-32(2)42-18-25(45-32)19-43-38-29(39)20-3-12-26-27(17-20)35-16-13-28(26)44-24-10-8-23(9-11-24)37-31(41)33(14-15-33)30(40)36-22-6-4-21(34)5-7-22/h3-13,16-17,25H,14-15,18-19H2,1-2H3,(H,36,40)(H,37,41)(H,38,39). The Morgan fingerprint density at radius 3 is 2.22 bits per heavy atom. The van der Waals surface area contributed by atoms with Gasteiger partial charge in [-0.15, -0.1) is 0 Å². The minimum absolute atomic E-state index is 0.148. The number of fused-ring (bicyclic) bond motifs is 1. The van der Waals surface area contributed by atoms with E-state index in [0.29, 0.717) is 58.8 Å². The molecule has 3 N–H and O–H groups in total. The number of hydroxylamine groups is 1. The Morgan fingerprint density at radius 1 is 0.933 bits per heavy atom. The zero-order valence-electron chi connectivity index (χ0n) is 24.6. The number of hydrogen-bond donors (Lipinski definition) is 3. The highest BCUT2D eigenvalue weighted by atomic mass is 19.1. The second kappa shape index (κ2) is 12.2. The molecule has 1 aliphatic heterocycles. The van der Waals surface area contributed by atoms with E-state index in [1.807, 2.05) is 13.8 Å². The Balaban J connectivity index is 1.05. The number of rotatable bonds is 10.